The van der Waals surface area contributed by atoms with Gasteiger partial charge in [0, 0.05) is 6.54 Å². The normalized spacial score (nSPS) is 10.6. The Bertz CT molecular complexity index is 780. The number of carboxylic acids is 1. The molecule has 0 fully saturated rings. The lowest BCUT2D eigenvalue weighted by Gasteiger charge is -2.17. The van der Waals surface area contributed by atoms with Gasteiger partial charge in [0.2, 0.25) is 0 Å². The highest BCUT2D eigenvalue weighted by atomic mass is 79.9. The Morgan fingerprint density at radius 1 is 1.32 bits per heavy atom. The fourth-order valence-electron chi connectivity index (χ4n) is 2.22. The average Bonchev–Trinajstić information content (AvgIpc) is 2.55. The van der Waals surface area contributed by atoms with Gasteiger partial charge in [-0.25, -0.2) is 4.79 Å². The molecule has 0 aliphatic carbocycles. The third kappa shape index (κ3) is 5.03. The summed E-state index contributed by atoms with van der Waals surface area (Å²) in [5, 5.41) is 12.7. The second kappa shape index (κ2) is 8.45. The van der Waals surface area contributed by atoms with Crippen molar-refractivity contribution in [3.8, 4) is 11.5 Å². The molecule has 0 spiro atoms. The van der Waals surface area contributed by atoms with Crippen LogP contribution in [-0.4, -0.2) is 24.3 Å². The van der Waals surface area contributed by atoms with Crippen molar-refractivity contribution in [1.29, 1.82) is 0 Å². The summed E-state index contributed by atoms with van der Waals surface area (Å²) in [6.07, 6.45) is 0.0201. The topological polar surface area (TPSA) is 67.8 Å². The highest BCUT2D eigenvalue weighted by Crippen LogP contribution is 2.37. The highest BCUT2D eigenvalue weighted by Gasteiger charge is 2.14. The van der Waals surface area contributed by atoms with E-state index in [1.165, 1.54) is 12.1 Å². The lowest BCUT2D eigenvalue weighted by molar-refractivity contribution is 0.0697. The smallest absolute Gasteiger partial charge is 0.335 e. The summed E-state index contributed by atoms with van der Waals surface area (Å²) in [6.45, 7) is 4.33. The number of methoxy groups -OCH3 is 1. The molecule has 2 N–H and O–H groups in total. The fraction of sp³-hybridized carbons (Fsp3) is 0.278. The summed E-state index contributed by atoms with van der Waals surface area (Å²) >= 11 is 9.63. The molecule has 25 heavy (non-hydrogen) atoms. The van der Waals surface area contributed by atoms with Crippen LogP contribution in [0.4, 0.5) is 5.69 Å². The number of anilines is 1. The Kier molecular flexibility index (Phi) is 6.56. The molecule has 0 heterocycles. The maximum Gasteiger partial charge on any atom is 0.335 e. The molecule has 2 aromatic carbocycles. The summed E-state index contributed by atoms with van der Waals surface area (Å²) in [4.78, 5) is 11.1. The first kappa shape index (κ1) is 19.4. The van der Waals surface area contributed by atoms with Crippen LogP contribution in [0.2, 0.25) is 5.02 Å². The fourth-order valence-corrected chi connectivity index (χ4v) is 2.98. The largest absolute Gasteiger partial charge is 0.493 e. The van der Waals surface area contributed by atoms with Crippen LogP contribution in [0, 0.1) is 0 Å². The quantitative estimate of drug-likeness (QED) is 0.634. The van der Waals surface area contributed by atoms with E-state index >= 15 is 0 Å². The third-order valence-corrected chi connectivity index (χ3v) is 4.26. The van der Waals surface area contributed by atoms with Crippen molar-refractivity contribution in [2.75, 3.05) is 12.4 Å². The first-order valence-electron chi connectivity index (χ1n) is 7.61. The Labute approximate surface area is 160 Å². The number of ether oxygens (including phenoxy) is 2. The molecule has 0 aliphatic heterocycles. The van der Waals surface area contributed by atoms with E-state index in [2.05, 4.69) is 21.2 Å². The molecular formula is C18H19BrClNO4. The number of hydrogen-bond donors (Lipinski definition) is 2. The van der Waals surface area contributed by atoms with Crippen molar-refractivity contribution in [1.82, 2.24) is 0 Å². The second-order valence-corrected chi connectivity index (χ2v) is 6.89. The van der Waals surface area contributed by atoms with Crippen molar-refractivity contribution < 1.29 is 19.4 Å². The number of benzene rings is 2. The van der Waals surface area contributed by atoms with Gasteiger partial charge in [0.15, 0.2) is 11.5 Å². The van der Waals surface area contributed by atoms with Crippen molar-refractivity contribution in [2.45, 2.75) is 26.5 Å². The third-order valence-electron chi connectivity index (χ3n) is 3.34. The SMILES string of the molecule is COc1cc(CNc2cc(C(=O)O)ccc2Cl)cc(Br)c1OC(C)C. The molecule has 0 amide bonds. The number of rotatable bonds is 7. The maximum atomic E-state index is 11.1. The average molecular weight is 429 g/mol. The van der Waals surface area contributed by atoms with Gasteiger partial charge in [-0.15, -0.1) is 0 Å². The van der Waals surface area contributed by atoms with Crippen molar-refractivity contribution in [3.63, 3.8) is 0 Å². The zero-order chi connectivity index (χ0) is 18.6. The van der Waals surface area contributed by atoms with Crippen LogP contribution >= 0.6 is 27.5 Å². The van der Waals surface area contributed by atoms with Gasteiger partial charge in [0.05, 0.1) is 34.0 Å². The van der Waals surface area contributed by atoms with Crippen molar-refractivity contribution in [3.05, 3.63) is 51.0 Å². The van der Waals surface area contributed by atoms with E-state index in [1.807, 2.05) is 26.0 Å². The molecule has 0 saturated carbocycles. The number of aromatic carboxylic acids is 1. The molecule has 134 valence electrons. The zero-order valence-corrected chi connectivity index (χ0v) is 16.4. The number of hydrogen-bond acceptors (Lipinski definition) is 4. The first-order valence-corrected chi connectivity index (χ1v) is 8.78. The van der Waals surface area contributed by atoms with E-state index < -0.39 is 5.97 Å². The van der Waals surface area contributed by atoms with E-state index in [1.54, 1.807) is 13.2 Å². The second-order valence-electron chi connectivity index (χ2n) is 5.63. The van der Waals surface area contributed by atoms with Gasteiger partial charge in [-0.2, -0.15) is 0 Å². The molecule has 2 rings (SSSR count). The molecule has 2 aromatic rings. The first-order chi connectivity index (χ1) is 11.8. The standard InChI is InChI=1S/C18H19BrClNO4/c1-10(2)25-17-13(19)6-11(7-16(17)24-3)9-21-15-8-12(18(22)23)4-5-14(15)20/h4-8,10,21H,9H2,1-3H3,(H,22,23). The minimum atomic E-state index is -1.00. The van der Waals surface area contributed by atoms with Crippen LogP contribution in [0.15, 0.2) is 34.8 Å². The summed E-state index contributed by atoms with van der Waals surface area (Å²) in [5.41, 5.74) is 1.65. The van der Waals surface area contributed by atoms with Crippen LogP contribution in [-0.2, 0) is 6.54 Å². The van der Waals surface area contributed by atoms with Crippen LogP contribution in [0.3, 0.4) is 0 Å². The molecular weight excluding hydrogens is 410 g/mol. The Morgan fingerprint density at radius 3 is 2.64 bits per heavy atom. The minimum absolute atomic E-state index is 0.0201. The number of nitrogens with one attached hydrogen (secondary N) is 1. The van der Waals surface area contributed by atoms with E-state index in [-0.39, 0.29) is 11.7 Å². The van der Waals surface area contributed by atoms with Crippen molar-refractivity contribution >= 4 is 39.2 Å². The lowest BCUT2D eigenvalue weighted by atomic mass is 10.1. The zero-order valence-electron chi connectivity index (χ0n) is 14.1. The van der Waals surface area contributed by atoms with Gasteiger partial charge in [-0.3, -0.25) is 0 Å². The van der Waals surface area contributed by atoms with Crippen LogP contribution < -0.4 is 14.8 Å². The molecule has 0 atom stereocenters. The van der Waals surface area contributed by atoms with Crippen LogP contribution in [0.1, 0.15) is 29.8 Å². The van der Waals surface area contributed by atoms with E-state index in [9.17, 15) is 4.79 Å². The maximum absolute atomic E-state index is 11.1. The predicted octanol–water partition coefficient (Wildman–Crippen LogP) is 5.21. The molecule has 7 heteroatoms. The summed E-state index contributed by atoms with van der Waals surface area (Å²) in [5.74, 6) is 0.261. The Hall–Kier alpha value is -1.92. The minimum Gasteiger partial charge on any atom is -0.493 e. The molecule has 0 radical (unpaired) electrons. The number of carboxylic acid groups (broad SMARTS) is 1. The summed E-state index contributed by atoms with van der Waals surface area (Å²) < 4.78 is 12.0. The molecule has 0 aliphatic rings. The molecule has 5 nitrogen and oxygen atoms in total. The van der Waals surface area contributed by atoms with Gasteiger partial charge in [-0.1, -0.05) is 11.6 Å². The molecule has 0 unspecified atom stereocenters. The Morgan fingerprint density at radius 2 is 2.04 bits per heavy atom. The van der Waals surface area contributed by atoms with E-state index in [0.717, 1.165) is 10.0 Å². The Balaban J connectivity index is 2.22. The van der Waals surface area contributed by atoms with E-state index in [0.29, 0.717) is 28.8 Å². The van der Waals surface area contributed by atoms with Gasteiger partial charge in [-0.05, 0) is 65.7 Å². The summed E-state index contributed by atoms with van der Waals surface area (Å²) in [6, 6.07) is 8.32. The number of halogens is 2. The van der Waals surface area contributed by atoms with Crippen LogP contribution in [0.5, 0.6) is 11.5 Å². The van der Waals surface area contributed by atoms with Crippen molar-refractivity contribution in [2.24, 2.45) is 0 Å². The van der Waals surface area contributed by atoms with E-state index in [4.69, 9.17) is 26.2 Å². The lowest BCUT2D eigenvalue weighted by Crippen LogP contribution is -2.08. The summed E-state index contributed by atoms with van der Waals surface area (Å²) in [7, 11) is 1.58. The van der Waals surface area contributed by atoms with Crippen LogP contribution in [0.25, 0.3) is 0 Å². The van der Waals surface area contributed by atoms with Gasteiger partial charge in [0.25, 0.3) is 0 Å². The molecule has 0 saturated heterocycles. The van der Waals surface area contributed by atoms with Gasteiger partial charge in [0.1, 0.15) is 0 Å². The highest BCUT2D eigenvalue weighted by molar-refractivity contribution is 9.10. The predicted molar refractivity (Wildman–Crippen MR) is 102 cm³/mol. The monoisotopic (exact) mass is 427 g/mol. The molecule has 0 aromatic heterocycles. The number of carbonyl (C=O) groups is 1. The van der Waals surface area contributed by atoms with Gasteiger partial charge < -0.3 is 19.9 Å². The molecule has 0 bridgehead atoms. The van der Waals surface area contributed by atoms with Gasteiger partial charge >= 0.3 is 5.97 Å².